The van der Waals surface area contributed by atoms with Gasteiger partial charge in [0, 0.05) is 6.04 Å². The average Bonchev–Trinajstić information content (AvgIpc) is 2.42. The van der Waals surface area contributed by atoms with Gasteiger partial charge in [-0.25, -0.2) is 0 Å². The van der Waals surface area contributed by atoms with Gasteiger partial charge in [0.1, 0.15) is 5.75 Å². The van der Waals surface area contributed by atoms with E-state index in [1.54, 1.807) is 6.07 Å². The van der Waals surface area contributed by atoms with E-state index in [-0.39, 0.29) is 39.7 Å². The molecule has 0 spiro atoms. The zero-order valence-electron chi connectivity index (χ0n) is 13.0. The minimum Gasteiger partial charge on any atom is -0.506 e. The number of aromatic hydroxyl groups is 1. The first-order valence-corrected chi connectivity index (χ1v) is 7.50. The second-order valence-electron chi connectivity index (χ2n) is 5.57. The first kappa shape index (κ1) is 20.7. The first-order chi connectivity index (χ1) is 9.17. The van der Waals surface area contributed by atoms with Crippen molar-refractivity contribution in [3.05, 3.63) is 23.3 Å². The van der Waals surface area contributed by atoms with Gasteiger partial charge in [0.15, 0.2) is 0 Å². The summed E-state index contributed by atoms with van der Waals surface area (Å²) in [5.74, 6) is 0.233. The number of hydrogen-bond donors (Lipinski definition) is 2. The van der Waals surface area contributed by atoms with Gasteiger partial charge in [-0.2, -0.15) is 0 Å². The van der Waals surface area contributed by atoms with Crippen molar-refractivity contribution in [2.24, 2.45) is 0 Å². The lowest BCUT2D eigenvalue weighted by molar-refractivity contribution is 0.180. The Kier molecular flexibility index (Phi) is 9.58. The number of anilines is 1. The second kappa shape index (κ2) is 9.70. The molecule has 0 aromatic heterocycles. The van der Waals surface area contributed by atoms with Gasteiger partial charge in [0.05, 0.1) is 5.69 Å². The summed E-state index contributed by atoms with van der Waals surface area (Å²) in [6, 6.07) is 4.34. The smallest absolute Gasteiger partial charge is 0.138 e. The molecule has 1 aliphatic rings. The van der Waals surface area contributed by atoms with Crippen molar-refractivity contribution in [1.29, 1.82) is 0 Å². The highest BCUT2D eigenvalue weighted by Crippen LogP contribution is 2.34. The minimum atomic E-state index is 0. The van der Waals surface area contributed by atoms with Gasteiger partial charge >= 0.3 is 0 Å². The summed E-state index contributed by atoms with van der Waals surface area (Å²) >= 11 is 0. The maximum atomic E-state index is 9.77. The van der Waals surface area contributed by atoms with Crippen molar-refractivity contribution in [3.63, 3.8) is 0 Å². The van der Waals surface area contributed by atoms with Gasteiger partial charge < -0.3 is 15.7 Å². The van der Waals surface area contributed by atoms with Crippen molar-refractivity contribution in [3.8, 4) is 5.75 Å². The number of nitrogen functional groups attached to an aromatic ring is 1. The molecule has 2 rings (SSSR count). The lowest BCUT2D eigenvalue weighted by Gasteiger charge is -2.35. The van der Waals surface area contributed by atoms with Crippen LogP contribution < -0.4 is 5.73 Å². The molecular weight excluding hydrogens is 396 g/mol. The molecule has 1 aromatic rings. The fraction of sp³-hybridized carbons (Fsp3) is 0.625. The zero-order chi connectivity index (χ0) is 13.8. The van der Waals surface area contributed by atoms with E-state index < -0.39 is 0 Å². The number of phenols is 1. The summed E-state index contributed by atoms with van der Waals surface area (Å²) < 4.78 is 0. The van der Waals surface area contributed by atoms with Crippen LogP contribution in [-0.2, 0) is 12.8 Å². The van der Waals surface area contributed by atoms with E-state index >= 15 is 0 Å². The Morgan fingerprint density at radius 1 is 1.19 bits per heavy atom. The fourth-order valence-electron chi connectivity index (χ4n) is 3.20. The lowest BCUT2D eigenvalue weighted by atomic mass is 9.86. The zero-order valence-corrected chi connectivity index (χ0v) is 16.4. The second-order valence-corrected chi connectivity index (χ2v) is 5.57. The number of aryl methyl sites for hydroxylation is 1. The molecule has 0 saturated heterocycles. The van der Waals surface area contributed by atoms with E-state index in [1.165, 1.54) is 30.4 Å². The van der Waals surface area contributed by atoms with Crippen LogP contribution in [0.15, 0.2) is 12.1 Å². The summed E-state index contributed by atoms with van der Waals surface area (Å²) in [5, 5.41) is 9.77. The lowest BCUT2D eigenvalue weighted by Crippen LogP contribution is -2.40. The van der Waals surface area contributed by atoms with Crippen LogP contribution in [0.5, 0.6) is 5.75 Å². The number of rotatable bonds is 5. The standard InChI is InChI=1S/C16H26N2O.2BrH/c1-3-9-18(10-4-2)13-7-5-12-6-8-15(19)16(17)14(12)11-13;;/h6,8,13,19H,3-5,7,9-11,17H2,1-2H3;2*1H. The Bertz CT molecular complexity index is 435. The maximum absolute atomic E-state index is 9.77. The first-order valence-electron chi connectivity index (χ1n) is 7.50. The largest absolute Gasteiger partial charge is 0.506 e. The molecule has 0 aliphatic heterocycles. The highest BCUT2D eigenvalue weighted by Gasteiger charge is 2.25. The Balaban J connectivity index is 0.00000200. The Labute approximate surface area is 149 Å². The minimum absolute atomic E-state index is 0. The Hall–Kier alpha value is -0.260. The number of benzene rings is 1. The van der Waals surface area contributed by atoms with Crippen molar-refractivity contribution < 1.29 is 5.11 Å². The topological polar surface area (TPSA) is 49.5 Å². The molecule has 0 amide bonds. The quantitative estimate of drug-likeness (QED) is 0.553. The van der Waals surface area contributed by atoms with E-state index in [4.69, 9.17) is 5.73 Å². The van der Waals surface area contributed by atoms with E-state index in [2.05, 4.69) is 18.7 Å². The van der Waals surface area contributed by atoms with Crippen molar-refractivity contribution in [1.82, 2.24) is 4.90 Å². The number of nitrogens with two attached hydrogens (primary N) is 1. The molecule has 1 aliphatic carbocycles. The van der Waals surface area contributed by atoms with Crippen LogP contribution in [0.1, 0.15) is 44.2 Å². The van der Waals surface area contributed by atoms with Crippen molar-refractivity contribution >= 4 is 39.7 Å². The molecule has 122 valence electrons. The van der Waals surface area contributed by atoms with Gasteiger partial charge in [0.2, 0.25) is 0 Å². The summed E-state index contributed by atoms with van der Waals surface area (Å²) in [7, 11) is 0. The van der Waals surface area contributed by atoms with Gasteiger partial charge in [-0.15, -0.1) is 34.0 Å². The number of hydrogen-bond acceptors (Lipinski definition) is 3. The van der Waals surface area contributed by atoms with Gasteiger partial charge in [0.25, 0.3) is 0 Å². The average molecular weight is 424 g/mol. The molecule has 0 heterocycles. The fourth-order valence-corrected chi connectivity index (χ4v) is 3.20. The third-order valence-corrected chi connectivity index (χ3v) is 4.16. The molecule has 0 saturated carbocycles. The van der Waals surface area contributed by atoms with Crippen LogP contribution >= 0.6 is 34.0 Å². The van der Waals surface area contributed by atoms with Crippen molar-refractivity contribution in [2.45, 2.75) is 52.0 Å². The molecule has 1 unspecified atom stereocenters. The predicted molar refractivity (Wildman–Crippen MR) is 101 cm³/mol. The van der Waals surface area contributed by atoms with Crippen LogP contribution in [-0.4, -0.2) is 29.1 Å². The van der Waals surface area contributed by atoms with Crippen LogP contribution in [0.25, 0.3) is 0 Å². The molecule has 1 aromatic carbocycles. The normalized spacial score (nSPS) is 16.8. The van der Waals surface area contributed by atoms with Crippen LogP contribution in [0.4, 0.5) is 5.69 Å². The van der Waals surface area contributed by atoms with Gasteiger partial charge in [-0.1, -0.05) is 19.9 Å². The summed E-state index contributed by atoms with van der Waals surface area (Å²) in [6.07, 6.45) is 5.65. The van der Waals surface area contributed by atoms with Crippen molar-refractivity contribution in [2.75, 3.05) is 18.8 Å². The van der Waals surface area contributed by atoms with Gasteiger partial charge in [-0.3, -0.25) is 0 Å². The van der Waals surface area contributed by atoms with E-state index in [0.29, 0.717) is 11.7 Å². The molecule has 0 fully saturated rings. The number of phenolic OH excluding ortho intramolecular Hbond substituents is 1. The molecule has 0 bridgehead atoms. The van der Waals surface area contributed by atoms with Crippen LogP contribution in [0.3, 0.4) is 0 Å². The molecule has 0 radical (unpaired) electrons. The Morgan fingerprint density at radius 2 is 1.81 bits per heavy atom. The summed E-state index contributed by atoms with van der Waals surface area (Å²) in [5.41, 5.74) is 9.13. The van der Waals surface area contributed by atoms with Crippen LogP contribution in [0, 0.1) is 0 Å². The third kappa shape index (κ3) is 4.86. The molecule has 3 nitrogen and oxygen atoms in total. The summed E-state index contributed by atoms with van der Waals surface area (Å²) in [6.45, 7) is 6.79. The molecule has 1 atom stereocenters. The molecule has 5 heteroatoms. The molecular formula is C16H28Br2N2O. The number of fused-ring (bicyclic) bond motifs is 1. The number of nitrogens with zero attached hydrogens (tertiary/aromatic N) is 1. The van der Waals surface area contributed by atoms with Crippen LogP contribution in [0.2, 0.25) is 0 Å². The molecule has 3 N–H and O–H groups in total. The maximum Gasteiger partial charge on any atom is 0.138 e. The SMILES string of the molecule is Br.Br.CCCN(CCC)C1CCc2ccc(O)c(N)c2C1. The number of halogens is 2. The van der Waals surface area contributed by atoms with Gasteiger partial charge in [-0.05, 0) is 62.4 Å². The Morgan fingerprint density at radius 3 is 2.38 bits per heavy atom. The highest BCUT2D eigenvalue weighted by atomic mass is 79.9. The third-order valence-electron chi connectivity index (χ3n) is 4.16. The molecule has 21 heavy (non-hydrogen) atoms. The predicted octanol–water partition coefficient (Wildman–Crippen LogP) is 4.11. The monoisotopic (exact) mass is 422 g/mol. The van der Waals surface area contributed by atoms with E-state index in [0.717, 1.165) is 25.9 Å². The van der Waals surface area contributed by atoms with E-state index in [1.807, 2.05) is 6.07 Å². The van der Waals surface area contributed by atoms with E-state index in [9.17, 15) is 5.11 Å². The highest BCUT2D eigenvalue weighted by molar-refractivity contribution is 8.93. The summed E-state index contributed by atoms with van der Waals surface area (Å²) in [4.78, 5) is 2.59.